The van der Waals surface area contributed by atoms with E-state index in [1.807, 2.05) is 87.5 Å². The number of amides is 5. The molecule has 6 N–H and O–H groups in total. The van der Waals surface area contributed by atoms with Gasteiger partial charge in [0.25, 0.3) is 0 Å². The Morgan fingerprint density at radius 1 is 0.822 bits per heavy atom. The van der Waals surface area contributed by atoms with Crippen molar-refractivity contribution >= 4 is 23.9 Å². The first-order valence-electron chi connectivity index (χ1n) is 14.8. The van der Waals surface area contributed by atoms with Crippen LogP contribution in [0.25, 0.3) is 0 Å². The second kappa shape index (κ2) is 16.8. The second-order valence-corrected chi connectivity index (χ2v) is 11.8. The lowest BCUT2D eigenvalue weighted by Gasteiger charge is -2.33. The van der Waals surface area contributed by atoms with Crippen LogP contribution in [0.15, 0.2) is 91.0 Å². The predicted octanol–water partition coefficient (Wildman–Crippen LogP) is 3.26. The van der Waals surface area contributed by atoms with E-state index in [0.29, 0.717) is 0 Å². The van der Waals surface area contributed by atoms with Crippen LogP contribution in [0.1, 0.15) is 43.9 Å². The zero-order valence-corrected chi connectivity index (χ0v) is 25.9. The maximum atomic E-state index is 13.5. The van der Waals surface area contributed by atoms with E-state index < -0.39 is 48.1 Å². The van der Waals surface area contributed by atoms with Gasteiger partial charge in [-0.1, -0.05) is 91.0 Å². The molecule has 0 heterocycles. The van der Waals surface area contributed by atoms with E-state index in [1.54, 1.807) is 24.3 Å². The SMILES string of the molecule is CC(C)(C)NC(=O)N(Cc1ccccc1)C[C@H](O)[C@H](Cc1ccccc1)NC(=O)[C@H](CC(N)=O)NC(=O)OCc1ccccc1. The van der Waals surface area contributed by atoms with Crippen molar-refractivity contribution in [1.29, 1.82) is 0 Å². The minimum absolute atomic E-state index is 0.0409. The molecule has 0 aromatic heterocycles. The van der Waals surface area contributed by atoms with Crippen molar-refractivity contribution in [3.63, 3.8) is 0 Å². The Kier molecular flexibility index (Phi) is 12.9. The Hall–Kier alpha value is -4.90. The van der Waals surface area contributed by atoms with E-state index in [-0.39, 0.29) is 32.1 Å². The van der Waals surface area contributed by atoms with Crippen LogP contribution in [-0.2, 0) is 33.9 Å². The normalized spacial score (nSPS) is 13.1. The molecule has 0 aliphatic heterocycles. The van der Waals surface area contributed by atoms with E-state index in [9.17, 15) is 24.3 Å². The quantitative estimate of drug-likeness (QED) is 0.186. The molecule has 0 saturated carbocycles. The zero-order valence-electron chi connectivity index (χ0n) is 25.9. The lowest BCUT2D eigenvalue weighted by Crippen LogP contribution is -2.57. The van der Waals surface area contributed by atoms with Gasteiger partial charge in [0.2, 0.25) is 11.8 Å². The van der Waals surface area contributed by atoms with Gasteiger partial charge in [-0.2, -0.15) is 0 Å². The molecule has 0 fully saturated rings. The molecule has 45 heavy (non-hydrogen) atoms. The topological polar surface area (TPSA) is 163 Å². The van der Waals surface area contributed by atoms with Crippen LogP contribution in [0, 0.1) is 0 Å². The van der Waals surface area contributed by atoms with E-state index in [0.717, 1.165) is 16.7 Å². The summed E-state index contributed by atoms with van der Waals surface area (Å²) in [4.78, 5) is 52.7. The van der Waals surface area contributed by atoms with Gasteiger partial charge in [0.1, 0.15) is 12.6 Å². The molecule has 0 bridgehead atoms. The van der Waals surface area contributed by atoms with Crippen LogP contribution in [-0.4, -0.2) is 64.2 Å². The number of carbonyl (C=O) groups is 4. The average Bonchev–Trinajstić information content (AvgIpc) is 2.99. The average molecular weight is 618 g/mol. The monoisotopic (exact) mass is 617 g/mol. The summed E-state index contributed by atoms with van der Waals surface area (Å²) in [5, 5.41) is 19.7. The predicted molar refractivity (Wildman–Crippen MR) is 171 cm³/mol. The van der Waals surface area contributed by atoms with Gasteiger partial charge in [-0.25, -0.2) is 9.59 Å². The molecule has 0 saturated heterocycles. The molecule has 0 unspecified atom stereocenters. The largest absolute Gasteiger partial charge is 0.445 e. The summed E-state index contributed by atoms with van der Waals surface area (Å²) in [6.45, 7) is 5.62. The summed E-state index contributed by atoms with van der Waals surface area (Å²) in [6, 6.07) is 24.9. The highest BCUT2D eigenvalue weighted by atomic mass is 16.5. The highest BCUT2D eigenvalue weighted by Gasteiger charge is 2.31. The van der Waals surface area contributed by atoms with Crippen molar-refractivity contribution in [2.45, 2.75) is 70.5 Å². The minimum Gasteiger partial charge on any atom is -0.445 e. The molecule has 0 spiro atoms. The van der Waals surface area contributed by atoms with E-state index >= 15 is 0 Å². The number of alkyl carbamates (subject to hydrolysis) is 1. The molecule has 0 aliphatic rings. The second-order valence-electron chi connectivity index (χ2n) is 11.8. The summed E-state index contributed by atoms with van der Waals surface area (Å²) in [6.07, 6.45) is -2.43. The number of carbonyl (C=O) groups excluding carboxylic acids is 4. The van der Waals surface area contributed by atoms with Crippen LogP contribution in [0.5, 0.6) is 0 Å². The molecule has 11 heteroatoms. The molecule has 3 rings (SSSR count). The third-order valence-corrected chi connectivity index (χ3v) is 6.71. The fourth-order valence-corrected chi connectivity index (χ4v) is 4.53. The Morgan fingerprint density at radius 2 is 1.36 bits per heavy atom. The van der Waals surface area contributed by atoms with Crippen LogP contribution in [0.3, 0.4) is 0 Å². The van der Waals surface area contributed by atoms with Gasteiger partial charge in [0.15, 0.2) is 0 Å². The number of aliphatic hydroxyl groups excluding tert-OH is 1. The van der Waals surface area contributed by atoms with Crippen molar-refractivity contribution in [2.24, 2.45) is 5.73 Å². The fourth-order valence-electron chi connectivity index (χ4n) is 4.53. The van der Waals surface area contributed by atoms with E-state index in [4.69, 9.17) is 10.5 Å². The smallest absolute Gasteiger partial charge is 0.408 e. The van der Waals surface area contributed by atoms with Crippen LogP contribution in [0.4, 0.5) is 9.59 Å². The zero-order chi connectivity index (χ0) is 32.8. The summed E-state index contributed by atoms with van der Waals surface area (Å²) in [5.74, 6) is -1.55. The number of hydrogen-bond acceptors (Lipinski definition) is 6. The molecular weight excluding hydrogens is 574 g/mol. The van der Waals surface area contributed by atoms with Crippen LogP contribution in [0.2, 0.25) is 0 Å². The number of rotatable bonds is 14. The first-order chi connectivity index (χ1) is 21.4. The van der Waals surface area contributed by atoms with Crippen molar-refractivity contribution in [3.8, 4) is 0 Å². The molecule has 3 aromatic carbocycles. The molecule has 240 valence electrons. The van der Waals surface area contributed by atoms with Crippen molar-refractivity contribution < 1.29 is 29.0 Å². The van der Waals surface area contributed by atoms with Gasteiger partial charge >= 0.3 is 12.1 Å². The Labute approximate surface area is 264 Å². The van der Waals surface area contributed by atoms with Crippen molar-refractivity contribution in [3.05, 3.63) is 108 Å². The minimum atomic E-state index is -1.36. The third kappa shape index (κ3) is 12.7. The number of nitrogens with two attached hydrogens (primary N) is 1. The first kappa shape index (κ1) is 34.6. The first-order valence-corrected chi connectivity index (χ1v) is 14.8. The summed E-state index contributed by atoms with van der Waals surface area (Å²) in [7, 11) is 0. The van der Waals surface area contributed by atoms with Gasteiger partial charge in [-0.3, -0.25) is 9.59 Å². The van der Waals surface area contributed by atoms with Gasteiger partial charge in [-0.05, 0) is 43.9 Å². The Morgan fingerprint density at radius 3 is 1.89 bits per heavy atom. The molecule has 3 aromatic rings. The molecule has 0 aliphatic carbocycles. The number of urea groups is 1. The van der Waals surface area contributed by atoms with Crippen LogP contribution >= 0.6 is 0 Å². The fraction of sp³-hybridized carbons (Fsp3) is 0.353. The number of hydrogen-bond donors (Lipinski definition) is 5. The summed E-state index contributed by atoms with van der Waals surface area (Å²) >= 11 is 0. The van der Waals surface area contributed by atoms with Gasteiger partial charge in [0, 0.05) is 12.1 Å². The highest BCUT2D eigenvalue weighted by Crippen LogP contribution is 2.13. The van der Waals surface area contributed by atoms with E-state index in [1.165, 1.54) is 4.90 Å². The van der Waals surface area contributed by atoms with Crippen LogP contribution < -0.4 is 21.7 Å². The number of aliphatic hydroxyl groups is 1. The van der Waals surface area contributed by atoms with Crippen molar-refractivity contribution in [1.82, 2.24) is 20.9 Å². The number of nitrogens with one attached hydrogen (secondary N) is 3. The maximum Gasteiger partial charge on any atom is 0.408 e. The van der Waals surface area contributed by atoms with E-state index in [2.05, 4.69) is 16.0 Å². The summed E-state index contributed by atoms with van der Waals surface area (Å²) in [5.41, 5.74) is 7.28. The lowest BCUT2D eigenvalue weighted by atomic mass is 9.99. The Balaban J connectivity index is 1.79. The lowest BCUT2D eigenvalue weighted by molar-refractivity contribution is -0.128. The molecule has 3 atom stereocenters. The third-order valence-electron chi connectivity index (χ3n) is 6.71. The van der Waals surface area contributed by atoms with Gasteiger partial charge in [-0.15, -0.1) is 0 Å². The summed E-state index contributed by atoms with van der Waals surface area (Å²) < 4.78 is 5.23. The van der Waals surface area contributed by atoms with Gasteiger partial charge in [0.05, 0.1) is 25.1 Å². The van der Waals surface area contributed by atoms with Gasteiger partial charge < -0.3 is 36.4 Å². The Bertz CT molecular complexity index is 1380. The number of benzene rings is 3. The molecule has 11 nitrogen and oxygen atoms in total. The molecular formula is C34H43N5O6. The maximum absolute atomic E-state index is 13.5. The standard InChI is InChI=1S/C34H43N5O6/c1-34(2,3)38-32(43)39(21-25-15-9-5-10-16-25)22-29(40)27(19-24-13-7-4-8-14-24)36-31(42)28(20-30(35)41)37-33(44)45-23-26-17-11-6-12-18-26/h4-18,27-29,40H,19-23H2,1-3H3,(H2,35,41)(H,36,42)(H,37,44)(H,38,43)/t27-,28-,29-/m0/s1. The number of ether oxygens (including phenoxy) is 1. The molecule has 5 amide bonds. The number of primary amides is 1. The highest BCUT2D eigenvalue weighted by molar-refractivity contribution is 5.90. The molecule has 0 radical (unpaired) electrons. The number of nitrogens with zero attached hydrogens (tertiary/aromatic N) is 1. The van der Waals surface area contributed by atoms with Crippen molar-refractivity contribution in [2.75, 3.05) is 6.54 Å².